The van der Waals surface area contributed by atoms with Gasteiger partial charge in [-0.1, -0.05) is 30.2 Å². The standard InChI is InChI=1S/C18H21N3O2S2/c22-16(10-12-4-1-2-5-12)21-8-7-13-15(11-21)25-18(19-13)20-17(23)14-6-3-9-24-14/h3,6,9,12H,1-2,4-5,7-8,10-11H2,(H,19,20,23). The predicted molar refractivity (Wildman–Crippen MR) is 100 cm³/mol. The molecule has 2 amide bonds. The van der Waals surface area contributed by atoms with Crippen LogP contribution in [0.1, 0.15) is 52.3 Å². The minimum absolute atomic E-state index is 0.115. The summed E-state index contributed by atoms with van der Waals surface area (Å²) in [5.41, 5.74) is 1.02. The molecular formula is C18H21N3O2S2. The third-order valence-corrected chi connectivity index (χ3v) is 6.85. The Morgan fingerprint density at radius 1 is 1.32 bits per heavy atom. The molecule has 0 radical (unpaired) electrons. The molecule has 2 aromatic rings. The molecule has 1 aliphatic heterocycles. The minimum atomic E-state index is -0.115. The van der Waals surface area contributed by atoms with Crippen molar-refractivity contribution in [2.24, 2.45) is 5.92 Å². The molecule has 0 saturated heterocycles. The van der Waals surface area contributed by atoms with Gasteiger partial charge in [0.05, 0.1) is 17.1 Å². The number of nitrogens with zero attached hydrogens (tertiary/aromatic N) is 2. The molecule has 132 valence electrons. The number of hydrogen-bond acceptors (Lipinski definition) is 5. The summed E-state index contributed by atoms with van der Waals surface area (Å²) in [7, 11) is 0. The lowest BCUT2D eigenvalue weighted by molar-refractivity contribution is -0.133. The van der Waals surface area contributed by atoms with Crippen LogP contribution in [0.5, 0.6) is 0 Å². The maximum absolute atomic E-state index is 12.5. The number of aromatic nitrogens is 1. The second kappa shape index (κ2) is 7.25. The first kappa shape index (κ1) is 16.7. The van der Waals surface area contributed by atoms with Crippen LogP contribution in [0, 0.1) is 5.92 Å². The van der Waals surface area contributed by atoms with Crippen molar-refractivity contribution in [1.29, 1.82) is 0 Å². The molecule has 25 heavy (non-hydrogen) atoms. The molecule has 0 unspecified atom stereocenters. The molecule has 2 aromatic heterocycles. The fourth-order valence-corrected chi connectivity index (χ4v) is 5.26. The van der Waals surface area contributed by atoms with E-state index in [0.29, 0.717) is 28.9 Å². The molecule has 7 heteroatoms. The second-order valence-corrected chi connectivity index (χ2v) is 8.77. The number of thiazole rings is 1. The van der Waals surface area contributed by atoms with Gasteiger partial charge in [-0.2, -0.15) is 0 Å². The zero-order valence-electron chi connectivity index (χ0n) is 14.0. The Bertz CT molecular complexity index is 763. The van der Waals surface area contributed by atoms with E-state index >= 15 is 0 Å². The van der Waals surface area contributed by atoms with E-state index < -0.39 is 0 Å². The molecule has 1 fully saturated rings. The van der Waals surface area contributed by atoms with Gasteiger partial charge in [-0.15, -0.1) is 11.3 Å². The molecule has 3 heterocycles. The topological polar surface area (TPSA) is 62.3 Å². The molecule has 1 aliphatic carbocycles. The van der Waals surface area contributed by atoms with Crippen LogP contribution in [0.4, 0.5) is 5.13 Å². The Kier molecular flexibility index (Phi) is 4.85. The van der Waals surface area contributed by atoms with E-state index in [1.807, 2.05) is 16.3 Å². The SMILES string of the molecule is O=C(Nc1nc2c(s1)CN(C(=O)CC1CCCC1)CC2)c1cccs1. The van der Waals surface area contributed by atoms with Gasteiger partial charge in [0, 0.05) is 24.3 Å². The Labute approximate surface area is 155 Å². The van der Waals surface area contributed by atoms with Crippen molar-refractivity contribution in [3.63, 3.8) is 0 Å². The van der Waals surface area contributed by atoms with Crippen molar-refractivity contribution in [3.05, 3.63) is 33.0 Å². The van der Waals surface area contributed by atoms with E-state index in [9.17, 15) is 9.59 Å². The van der Waals surface area contributed by atoms with Crippen molar-refractivity contribution in [2.45, 2.75) is 45.1 Å². The van der Waals surface area contributed by atoms with Gasteiger partial charge >= 0.3 is 0 Å². The van der Waals surface area contributed by atoms with Gasteiger partial charge in [0.1, 0.15) is 0 Å². The third-order valence-electron chi connectivity index (χ3n) is 4.99. The summed E-state index contributed by atoms with van der Waals surface area (Å²) in [6.07, 6.45) is 6.40. The van der Waals surface area contributed by atoms with Gasteiger partial charge < -0.3 is 4.90 Å². The lowest BCUT2D eigenvalue weighted by Crippen LogP contribution is -2.36. The number of carbonyl (C=O) groups is 2. The molecule has 0 atom stereocenters. The van der Waals surface area contributed by atoms with Gasteiger partial charge in [0.2, 0.25) is 5.91 Å². The van der Waals surface area contributed by atoms with E-state index in [1.54, 1.807) is 6.07 Å². The number of anilines is 1. The van der Waals surface area contributed by atoms with Gasteiger partial charge in [0.25, 0.3) is 5.91 Å². The van der Waals surface area contributed by atoms with Crippen LogP contribution in [-0.2, 0) is 17.8 Å². The predicted octanol–water partition coefficient (Wildman–Crippen LogP) is 3.92. The summed E-state index contributed by atoms with van der Waals surface area (Å²) in [6, 6.07) is 3.66. The van der Waals surface area contributed by atoms with Gasteiger partial charge in [-0.25, -0.2) is 4.98 Å². The average Bonchev–Trinajstić information content (AvgIpc) is 3.35. The van der Waals surface area contributed by atoms with Gasteiger partial charge in [-0.05, 0) is 30.2 Å². The Morgan fingerprint density at radius 3 is 2.92 bits per heavy atom. The molecular weight excluding hydrogens is 354 g/mol. The number of rotatable bonds is 4. The largest absolute Gasteiger partial charge is 0.337 e. The van der Waals surface area contributed by atoms with E-state index in [-0.39, 0.29) is 11.8 Å². The Hall–Kier alpha value is -1.73. The highest BCUT2D eigenvalue weighted by Crippen LogP contribution is 2.31. The van der Waals surface area contributed by atoms with Crippen LogP contribution in [-0.4, -0.2) is 28.2 Å². The summed E-state index contributed by atoms with van der Waals surface area (Å²) in [5, 5.41) is 5.40. The Morgan fingerprint density at radius 2 is 2.16 bits per heavy atom. The summed E-state index contributed by atoms with van der Waals surface area (Å²) < 4.78 is 0. The van der Waals surface area contributed by atoms with Crippen LogP contribution >= 0.6 is 22.7 Å². The number of thiophene rings is 1. The molecule has 5 nitrogen and oxygen atoms in total. The monoisotopic (exact) mass is 375 g/mol. The fourth-order valence-electron chi connectivity index (χ4n) is 3.62. The van der Waals surface area contributed by atoms with E-state index in [1.165, 1.54) is 48.4 Å². The highest BCUT2D eigenvalue weighted by molar-refractivity contribution is 7.16. The highest BCUT2D eigenvalue weighted by atomic mass is 32.1. The van der Waals surface area contributed by atoms with Crippen LogP contribution in [0.3, 0.4) is 0 Å². The molecule has 0 bridgehead atoms. The number of fused-ring (bicyclic) bond motifs is 1. The molecule has 4 rings (SSSR count). The average molecular weight is 376 g/mol. The molecule has 1 saturated carbocycles. The van der Waals surface area contributed by atoms with Gasteiger partial charge in [-0.3, -0.25) is 14.9 Å². The first-order valence-corrected chi connectivity index (χ1v) is 10.5. The van der Waals surface area contributed by atoms with Crippen molar-refractivity contribution in [1.82, 2.24) is 9.88 Å². The smallest absolute Gasteiger partial charge is 0.267 e. The summed E-state index contributed by atoms with van der Waals surface area (Å²) in [5.74, 6) is 0.737. The van der Waals surface area contributed by atoms with E-state index in [2.05, 4.69) is 10.3 Å². The highest BCUT2D eigenvalue weighted by Gasteiger charge is 2.27. The summed E-state index contributed by atoms with van der Waals surface area (Å²) >= 11 is 2.91. The molecule has 1 N–H and O–H groups in total. The third kappa shape index (κ3) is 3.77. The zero-order chi connectivity index (χ0) is 17.2. The molecule has 0 spiro atoms. The van der Waals surface area contributed by atoms with Crippen LogP contribution in [0.25, 0.3) is 0 Å². The number of carbonyl (C=O) groups excluding carboxylic acids is 2. The zero-order valence-corrected chi connectivity index (χ0v) is 15.6. The van der Waals surface area contributed by atoms with Crippen LogP contribution in [0.2, 0.25) is 0 Å². The lowest BCUT2D eigenvalue weighted by atomic mass is 10.0. The van der Waals surface area contributed by atoms with Crippen LogP contribution < -0.4 is 5.32 Å². The Balaban J connectivity index is 1.38. The number of nitrogens with one attached hydrogen (secondary N) is 1. The first-order chi connectivity index (χ1) is 12.2. The van der Waals surface area contributed by atoms with E-state index in [0.717, 1.165) is 23.5 Å². The normalized spacial score (nSPS) is 17.5. The van der Waals surface area contributed by atoms with Gasteiger partial charge in [0.15, 0.2) is 5.13 Å². The van der Waals surface area contributed by atoms with Crippen molar-refractivity contribution in [3.8, 4) is 0 Å². The lowest BCUT2D eigenvalue weighted by Gasteiger charge is -2.27. The maximum Gasteiger partial charge on any atom is 0.267 e. The quantitative estimate of drug-likeness (QED) is 0.881. The van der Waals surface area contributed by atoms with Crippen molar-refractivity contribution >= 4 is 39.6 Å². The summed E-state index contributed by atoms with van der Waals surface area (Å²) in [6.45, 7) is 1.37. The number of hydrogen-bond donors (Lipinski definition) is 1. The van der Waals surface area contributed by atoms with Crippen molar-refractivity contribution < 1.29 is 9.59 Å². The molecule has 2 aliphatic rings. The van der Waals surface area contributed by atoms with Crippen LogP contribution in [0.15, 0.2) is 17.5 Å². The van der Waals surface area contributed by atoms with E-state index in [4.69, 9.17) is 0 Å². The minimum Gasteiger partial charge on any atom is -0.337 e. The summed E-state index contributed by atoms with van der Waals surface area (Å²) in [4.78, 5) is 33.0. The number of amides is 2. The fraction of sp³-hybridized carbons (Fsp3) is 0.500. The second-order valence-electron chi connectivity index (χ2n) is 6.74. The maximum atomic E-state index is 12.5. The molecule has 0 aromatic carbocycles. The van der Waals surface area contributed by atoms with Crippen molar-refractivity contribution in [2.75, 3.05) is 11.9 Å². The first-order valence-electron chi connectivity index (χ1n) is 8.80.